The number of thiazole rings is 1. The standard InChI is InChI=1S/C10H16N2S/c1-2-10(5-3-4-6-10)8-7-13-9(11)12-8/h7H,2-6H2,1H3,(H2,11,12). The molecule has 3 heteroatoms. The van der Waals surface area contributed by atoms with Crippen LogP contribution >= 0.6 is 11.3 Å². The molecule has 1 aliphatic rings. The minimum Gasteiger partial charge on any atom is -0.375 e. The van der Waals surface area contributed by atoms with Crippen LogP contribution in [0.3, 0.4) is 0 Å². The maximum atomic E-state index is 5.67. The smallest absolute Gasteiger partial charge is 0.180 e. The summed E-state index contributed by atoms with van der Waals surface area (Å²) in [5, 5.41) is 2.86. The van der Waals surface area contributed by atoms with Gasteiger partial charge in [-0.05, 0) is 19.3 Å². The molecule has 1 aromatic heterocycles. The zero-order chi connectivity index (χ0) is 9.31. The second-order valence-corrected chi connectivity index (χ2v) is 4.80. The number of hydrogen-bond donors (Lipinski definition) is 1. The Morgan fingerprint density at radius 2 is 2.23 bits per heavy atom. The van der Waals surface area contributed by atoms with Crippen LogP contribution < -0.4 is 5.73 Å². The minimum atomic E-state index is 0.369. The topological polar surface area (TPSA) is 38.9 Å². The van der Waals surface area contributed by atoms with Gasteiger partial charge in [0.05, 0.1) is 5.69 Å². The van der Waals surface area contributed by atoms with E-state index >= 15 is 0 Å². The van der Waals surface area contributed by atoms with Crippen molar-refractivity contribution >= 4 is 16.5 Å². The van der Waals surface area contributed by atoms with Gasteiger partial charge in [0.15, 0.2) is 5.13 Å². The summed E-state index contributed by atoms with van der Waals surface area (Å²) < 4.78 is 0. The first-order valence-corrected chi connectivity index (χ1v) is 5.86. The van der Waals surface area contributed by atoms with Crippen LogP contribution in [0.4, 0.5) is 5.13 Å². The fourth-order valence-electron chi connectivity index (χ4n) is 2.37. The molecule has 0 spiro atoms. The molecule has 0 aromatic carbocycles. The van der Waals surface area contributed by atoms with Crippen LogP contribution in [0, 0.1) is 0 Å². The molecule has 72 valence electrons. The highest BCUT2D eigenvalue weighted by Crippen LogP contribution is 2.43. The predicted octanol–water partition coefficient (Wildman–Crippen LogP) is 2.95. The van der Waals surface area contributed by atoms with Crippen LogP contribution in [0.1, 0.15) is 44.7 Å². The highest BCUT2D eigenvalue weighted by Gasteiger charge is 2.35. The lowest BCUT2D eigenvalue weighted by Gasteiger charge is -2.24. The number of rotatable bonds is 2. The van der Waals surface area contributed by atoms with E-state index in [0.717, 1.165) is 5.13 Å². The Morgan fingerprint density at radius 1 is 1.54 bits per heavy atom. The fraction of sp³-hybridized carbons (Fsp3) is 0.700. The van der Waals surface area contributed by atoms with E-state index in [-0.39, 0.29) is 0 Å². The van der Waals surface area contributed by atoms with Crippen molar-refractivity contribution in [3.63, 3.8) is 0 Å². The van der Waals surface area contributed by atoms with Crippen molar-refractivity contribution in [2.75, 3.05) is 5.73 Å². The maximum Gasteiger partial charge on any atom is 0.180 e. The van der Waals surface area contributed by atoms with Crippen molar-refractivity contribution in [1.82, 2.24) is 4.98 Å². The van der Waals surface area contributed by atoms with Gasteiger partial charge < -0.3 is 5.73 Å². The van der Waals surface area contributed by atoms with Crippen LogP contribution in [0.15, 0.2) is 5.38 Å². The molecule has 1 aromatic rings. The zero-order valence-corrected chi connectivity index (χ0v) is 8.86. The first-order chi connectivity index (χ1) is 6.27. The highest BCUT2D eigenvalue weighted by atomic mass is 32.1. The average Bonchev–Trinajstić information content (AvgIpc) is 2.73. The monoisotopic (exact) mass is 196 g/mol. The molecule has 0 saturated heterocycles. The number of nitrogens with two attached hydrogens (primary N) is 1. The summed E-state index contributed by atoms with van der Waals surface area (Å²) in [6.45, 7) is 2.26. The summed E-state index contributed by atoms with van der Waals surface area (Å²) in [6.07, 6.45) is 6.51. The first-order valence-electron chi connectivity index (χ1n) is 4.98. The Kier molecular flexibility index (Phi) is 2.28. The second kappa shape index (κ2) is 3.29. The van der Waals surface area contributed by atoms with Gasteiger partial charge in [0.25, 0.3) is 0 Å². The Labute approximate surface area is 83.2 Å². The predicted molar refractivity (Wildman–Crippen MR) is 57.0 cm³/mol. The summed E-state index contributed by atoms with van der Waals surface area (Å²) in [5.41, 5.74) is 7.28. The van der Waals surface area contributed by atoms with E-state index in [1.165, 1.54) is 37.8 Å². The quantitative estimate of drug-likeness (QED) is 0.789. The number of nitrogens with zero attached hydrogens (tertiary/aromatic N) is 1. The van der Waals surface area contributed by atoms with Gasteiger partial charge in [-0.1, -0.05) is 19.8 Å². The normalized spacial score (nSPS) is 20.7. The number of hydrogen-bond acceptors (Lipinski definition) is 3. The van der Waals surface area contributed by atoms with Gasteiger partial charge in [-0.2, -0.15) is 0 Å². The molecule has 13 heavy (non-hydrogen) atoms. The molecule has 0 aliphatic heterocycles. The third kappa shape index (κ3) is 1.46. The molecular weight excluding hydrogens is 180 g/mol. The molecule has 1 heterocycles. The van der Waals surface area contributed by atoms with Crippen LogP contribution in [0.5, 0.6) is 0 Å². The molecule has 2 N–H and O–H groups in total. The van der Waals surface area contributed by atoms with E-state index in [1.807, 2.05) is 0 Å². The largest absolute Gasteiger partial charge is 0.375 e. The van der Waals surface area contributed by atoms with Crippen LogP contribution in [0.25, 0.3) is 0 Å². The van der Waals surface area contributed by atoms with Crippen molar-refractivity contribution in [1.29, 1.82) is 0 Å². The first kappa shape index (κ1) is 9.00. The SMILES string of the molecule is CCC1(c2csc(N)n2)CCCC1. The van der Waals surface area contributed by atoms with Crippen molar-refractivity contribution in [2.45, 2.75) is 44.4 Å². The van der Waals surface area contributed by atoms with Crippen molar-refractivity contribution in [2.24, 2.45) is 0 Å². The molecule has 0 atom stereocenters. The van der Waals surface area contributed by atoms with Crippen molar-refractivity contribution in [3.8, 4) is 0 Å². The summed E-state index contributed by atoms with van der Waals surface area (Å²) in [5.74, 6) is 0. The average molecular weight is 196 g/mol. The van der Waals surface area contributed by atoms with E-state index in [0.29, 0.717) is 5.41 Å². The van der Waals surface area contributed by atoms with Gasteiger partial charge in [0.2, 0.25) is 0 Å². The third-order valence-electron chi connectivity index (χ3n) is 3.30. The summed E-state index contributed by atoms with van der Waals surface area (Å²) in [4.78, 5) is 4.43. The third-order valence-corrected chi connectivity index (χ3v) is 3.98. The molecule has 2 rings (SSSR count). The molecule has 1 saturated carbocycles. The van der Waals surface area contributed by atoms with Gasteiger partial charge in [0, 0.05) is 10.8 Å². The van der Waals surface area contributed by atoms with Crippen LogP contribution in [0.2, 0.25) is 0 Å². The van der Waals surface area contributed by atoms with E-state index in [1.54, 1.807) is 11.3 Å². The van der Waals surface area contributed by atoms with Gasteiger partial charge in [-0.25, -0.2) is 4.98 Å². The number of aromatic nitrogens is 1. The highest BCUT2D eigenvalue weighted by molar-refractivity contribution is 7.13. The fourth-order valence-corrected chi connectivity index (χ4v) is 3.06. The Hall–Kier alpha value is -0.570. The van der Waals surface area contributed by atoms with Crippen molar-refractivity contribution in [3.05, 3.63) is 11.1 Å². The lowest BCUT2D eigenvalue weighted by Crippen LogP contribution is -2.21. The molecule has 0 radical (unpaired) electrons. The van der Waals surface area contributed by atoms with Gasteiger partial charge in [0.1, 0.15) is 0 Å². The van der Waals surface area contributed by atoms with Gasteiger partial charge in [-0.3, -0.25) is 0 Å². The number of nitrogen functional groups attached to an aromatic ring is 1. The molecule has 1 aliphatic carbocycles. The molecule has 1 fully saturated rings. The Bertz CT molecular complexity index is 287. The van der Waals surface area contributed by atoms with E-state index in [9.17, 15) is 0 Å². The lowest BCUT2D eigenvalue weighted by atomic mass is 9.81. The summed E-state index contributed by atoms with van der Waals surface area (Å²) >= 11 is 1.57. The molecular formula is C10H16N2S. The van der Waals surface area contributed by atoms with Crippen molar-refractivity contribution < 1.29 is 0 Å². The van der Waals surface area contributed by atoms with E-state index < -0.39 is 0 Å². The van der Waals surface area contributed by atoms with E-state index in [4.69, 9.17) is 5.73 Å². The minimum absolute atomic E-state index is 0.369. The molecule has 0 amide bonds. The Morgan fingerprint density at radius 3 is 2.69 bits per heavy atom. The van der Waals surface area contributed by atoms with Gasteiger partial charge >= 0.3 is 0 Å². The lowest BCUT2D eigenvalue weighted by molar-refractivity contribution is 0.415. The summed E-state index contributed by atoms with van der Waals surface area (Å²) in [7, 11) is 0. The molecule has 0 unspecified atom stereocenters. The molecule has 2 nitrogen and oxygen atoms in total. The summed E-state index contributed by atoms with van der Waals surface area (Å²) in [6, 6.07) is 0. The van der Waals surface area contributed by atoms with E-state index in [2.05, 4.69) is 17.3 Å². The zero-order valence-electron chi connectivity index (χ0n) is 8.05. The van der Waals surface area contributed by atoms with Crippen LogP contribution in [-0.2, 0) is 5.41 Å². The maximum absolute atomic E-state index is 5.67. The van der Waals surface area contributed by atoms with Crippen LogP contribution in [-0.4, -0.2) is 4.98 Å². The van der Waals surface area contributed by atoms with Gasteiger partial charge in [-0.15, -0.1) is 11.3 Å². The number of anilines is 1. The molecule has 0 bridgehead atoms. The second-order valence-electron chi connectivity index (χ2n) is 3.91. The Balaban J connectivity index is 2.30.